The maximum Gasteiger partial charge on any atom is 0.145 e. The van der Waals surface area contributed by atoms with Crippen molar-refractivity contribution in [1.82, 2.24) is 14.5 Å². The minimum Gasteiger partial charge on any atom is -0.372 e. The smallest absolute Gasteiger partial charge is 0.145 e. The molecule has 0 atom stereocenters. The fourth-order valence-corrected chi connectivity index (χ4v) is 1.69. The number of hydrogen-bond acceptors (Lipinski definition) is 3. The maximum absolute atomic E-state index is 4.33. The molecule has 0 aliphatic heterocycles. The molecule has 15 heavy (non-hydrogen) atoms. The average Bonchev–Trinajstić information content (AvgIpc) is 2.59. The first-order chi connectivity index (χ1) is 7.04. The molecule has 0 bridgehead atoms. The summed E-state index contributed by atoms with van der Waals surface area (Å²) in [6.45, 7) is 6.48. The number of fused-ring (bicyclic) bond motifs is 1. The lowest BCUT2D eigenvalue weighted by atomic mass is 10.1. The van der Waals surface area contributed by atoms with E-state index in [0.717, 1.165) is 16.9 Å². The second-order valence-corrected chi connectivity index (χ2v) is 4.57. The van der Waals surface area contributed by atoms with Crippen LogP contribution in [0.4, 0.5) is 5.82 Å². The van der Waals surface area contributed by atoms with Crippen LogP contribution in [-0.4, -0.2) is 21.6 Å². The van der Waals surface area contributed by atoms with Crippen LogP contribution in [0.25, 0.3) is 11.0 Å². The average molecular weight is 204 g/mol. The molecular formula is C11H16N4. The molecule has 4 nitrogen and oxygen atoms in total. The molecule has 2 aromatic heterocycles. The van der Waals surface area contributed by atoms with Crippen LogP contribution >= 0.6 is 0 Å². The highest BCUT2D eigenvalue weighted by Crippen LogP contribution is 2.25. The van der Waals surface area contributed by atoms with Gasteiger partial charge in [-0.15, -0.1) is 0 Å². The summed E-state index contributed by atoms with van der Waals surface area (Å²) in [5.74, 6) is 0.878. The molecule has 0 saturated carbocycles. The molecule has 0 saturated heterocycles. The molecule has 0 radical (unpaired) electrons. The maximum atomic E-state index is 4.33. The van der Waals surface area contributed by atoms with Crippen LogP contribution in [0.5, 0.6) is 0 Å². The van der Waals surface area contributed by atoms with Crippen molar-refractivity contribution in [2.24, 2.45) is 0 Å². The van der Waals surface area contributed by atoms with E-state index in [0.29, 0.717) is 0 Å². The molecule has 0 spiro atoms. The molecular weight excluding hydrogens is 188 g/mol. The number of aromatic nitrogens is 3. The van der Waals surface area contributed by atoms with Crippen LogP contribution in [0.15, 0.2) is 18.6 Å². The van der Waals surface area contributed by atoms with Crippen molar-refractivity contribution in [3.05, 3.63) is 18.6 Å². The topological polar surface area (TPSA) is 42.7 Å². The van der Waals surface area contributed by atoms with Crippen molar-refractivity contribution in [2.45, 2.75) is 26.3 Å². The van der Waals surface area contributed by atoms with Crippen molar-refractivity contribution < 1.29 is 0 Å². The summed E-state index contributed by atoms with van der Waals surface area (Å²) in [6, 6.07) is 2.05. The summed E-state index contributed by atoms with van der Waals surface area (Å²) in [4.78, 5) is 8.51. The second-order valence-electron chi connectivity index (χ2n) is 4.57. The Labute approximate surface area is 89.3 Å². The molecule has 0 fully saturated rings. The Morgan fingerprint density at radius 2 is 2.00 bits per heavy atom. The molecule has 0 aliphatic rings. The van der Waals surface area contributed by atoms with Crippen LogP contribution in [0.3, 0.4) is 0 Å². The summed E-state index contributed by atoms with van der Waals surface area (Å²) in [6.07, 6.45) is 3.65. The fourth-order valence-electron chi connectivity index (χ4n) is 1.69. The van der Waals surface area contributed by atoms with Crippen LogP contribution in [0.2, 0.25) is 0 Å². The number of nitrogens with zero attached hydrogens (tertiary/aromatic N) is 3. The fraction of sp³-hybridized carbons (Fsp3) is 0.455. The quantitative estimate of drug-likeness (QED) is 0.774. The predicted octanol–water partition coefficient (Wildman–Crippen LogP) is 2.23. The summed E-state index contributed by atoms with van der Waals surface area (Å²) in [5, 5.41) is 4.14. The number of nitrogens with one attached hydrogen (secondary N) is 1. The molecule has 2 rings (SSSR count). The predicted molar refractivity (Wildman–Crippen MR) is 62.1 cm³/mol. The highest BCUT2D eigenvalue weighted by molar-refractivity contribution is 5.87. The van der Waals surface area contributed by atoms with Gasteiger partial charge in [0.05, 0.1) is 5.39 Å². The van der Waals surface area contributed by atoms with Crippen LogP contribution in [-0.2, 0) is 5.54 Å². The minimum absolute atomic E-state index is 0.0428. The van der Waals surface area contributed by atoms with Gasteiger partial charge in [-0.3, -0.25) is 0 Å². The molecule has 2 heterocycles. The number of anilines is 1. The molecule has 0 unspecified atom stereocenters. The van der Waals surface area contributed by atoms with Gasteiger partial charge in [-0.05, 0) is 26.8 Å². The van der Waals surface area contributed by atoms with Gasteiger partial charge in [-0.1, -0.05) is 0 Å². The summed E-state index contributed by atoms with van der Waals surface area (Å²) >= 11 is 0. The van der Waals surface area contributed by atoms with Crippen LogP contribution in [0, 0.1) is 0 Å². The molecule has 80 valence electrons. The van der Waals surface area contributed by atoms with E-state index in [-0.39, 0.29) is 5.54 Å². The normalized spacial score (nSPS) is 12.0. The third-order valence-corrected chi connectivity index (χ3v) is 2.44. The Hall–Kier alpha value is -1.58. The van der Waals surface area contributed by atoms with Crippen molar-refractivity contribution in [3.63, 3.8) is 0 Å². The van der Waals surface area contributed by atoms with Gasteiger partial charge in [0.1, 0.15) is 17.8 Å². The lowest BCUT2D eigenvalue weighted by Gasteiger charge is -2.21. The van der Waals surface area contributed by atoms with E-state index in [4.69, 9.17) is 0 Å². The van der Waals surface area contributed by atoms with Crippen molar-refractivity contribution in [3.8, 4) is 0 Å². The first-order valence-electron chi connectivity index (χ1n) is 5.04. The van der Waals surface area contributed by atoms with Gasteiger partial charge in [0.25, 0.3) is 0 Å². The van der Waals surface area contributed by atoms with E-state index >= 15 is 0 Å². The Morgan fingerprint density at radius 1 is 1.27 bits per heavy atom. The third-order valence-electron chi connectivity index (χ3n) is 2.44. The Balaban J connectivity index is 2.72. The van der Waals surface area contributed by atoms with Gasteiger partial charge >= 0.3 is 0 Å². The van der Waals surface area contributed by atoms with E-state index in [9.17, 15) is 0 Å². The summed E-state index contributed by atoms with van der Waals surface area (Å²) in [5.41, 5.74) is 1.02. The highest BCUT2D eigenvalue weighted by atomic mass is 15.1. The van der Waals surface area contributed by atoms with Gasteiger partial charge in [-0.2, -0.15) is 0 Å². The summed E-state index contributed by atoms with van der Waals surface area (Å²) < 4.78 is 2.16. The zero-order valence-electron chi connectivity index (χ0n) is 9.57. The SMILES string of the molecule is CNc1ncnc2c1ccn2C(C)(C)C. The first kappa shape index (κ1) is 9.96. The zero-order chi connectivity index (χ0) is 11.1. The van der Waals surface area contributed by atoms with E-state index in [1.165, 1.54) is 0 Å². The lowest BCUT2D eigenvalue weighted by Crippen LogP contribution is -2.20. The van der Waals surface area contributed by atoms with Crippen molar-refractivity contribution in [1.29, 1.82) is 0 Å². The highest BCUT2D eigenvalue weighted by Gasteiger charge is 2.17. The standard InChI is InChI=1S/C11H16N4/c1-11(2,3)15-6-5-8-9(12-4)13-7-14-10(8)15/h5-7H,1-4H3,(H,12,13,14). The summed E-state index contributed by atoms with van der Waals surface area (Å²) in [7, 11) is 1.87. The molecule has 0 aromatic carbocycles. The molecule has 0 amide bonds. The Bertz CT molecular complexity index is 479. The van der Waals surface area contributed by atoms with Gasteiger partial charge in [0.15, 0.2) is 0 Å². The van der Waals surface area contributed by atoms with E-state index in [1.807, 2.05) is 13.1 Å². The lowest BCUT2D eigenvalue weighted by molar-refractivity contribution is 0.408. The van der Waals surface area contributed by atoms with Gasteiger partial charge in [0, 0.05) is 18.8 Å². The van der Waals surface area contributed by atoms with Crippen LogP contribution in [0.1, 0.15) is 20.8 Å². The monoisotopic (exact) mass is 204 g/mol. The van der Waals surface area contributed by atoms with Gasteiger partial charge in [0.2, 0.25) is 0 Å². The van der Waals surface area contributed by atoms with E-state index in [1.54, 1.807) is 6.33 Å². The third kappa shape index (κ3) is 1.56. The Kier molecular flexibility index (Phi) is 2.14. The molecule has 1 N–H and O–H groups in total. The van der Waals surface area contributed by atoms with Crippen molar-refractivity contribution in [2.75, 3.05) is 12.4 Å². The van der Waals surface area contributed by atoms with Gasteiger partial charge < -0.3 is 9.88 Å². The molecule has 0 aliphatic carbocycles. The van der Waals surface area contributed by atoms with Gasteiger partial charge in [-0.25, -0.2) is 9.97 Å². The first-order valence-corrected chi connectivity index (χ1v) is 5.04. The number of rotatable bonds is 1. The Morgan fingerprint density at radius 3 is 2.60 bits per heavy atom. The van der Waals surface area contributed by atoms with E-state index in [2.05, 4.69) is 46.8 Å². The molecule has 2 aromatic rings. The van der Waals surface area contributed by atoms with Crippen LogP contribution < -0.4 is 5.32 Å². The van der Waals surface area contributed by atoms with E-state index < -0.39 is 0 Å². The second kappa shape index (κ2) is 3.22. The number of hydrogen-bond donors (Lipinski definition) is 1. The largest absolute Gasteiger partial charge is 0.372 e. The molecule has 4 heteroatoms. The zero-order valence-corrected chi connectivity index (χ0v) is 9.57. The minimum atomic E-state index is 0.0428. The van der Waals surface area contributed by atoms with Crippen molar-refractivity contribution >= 4 is 16.9 Å².